The summed E-state index contributed by atoms with van der Waals surface area (Å²) in [5, 5.41) is -0.107. The summed E-state index contributed by atoms with van der Waals surface area (Å²) in [6.07, 6.45) is 2.65. The summed E-state index contributed by atoms with van der Waals surface area (Å²) >= 11 is 1.61. The second-order valence-electron chi connectivity index (χ2n) is 3.21. The molecular formula is C11H21NO2S. The molecule has 88 valence electrons. The van der Waals surface area contributed by atoms with Crippen LogP contribution in [-0.2, 0) is 9.59 Å². The first-order valence-electron chi connectivity index (χ1n) is 5.58. The van der Waals surface area contributed by atoms with E-state index < -0.39 is 0 Å². The minimum absolute atomic E-state index is 0.0221. The Morgan fingerprint density at radius 2 is 2.00 bits per heavy atom. The highest BCUT2D eigenvalue weighted by atomic mass is 32.2. The normalized spacial score (nSPS) is 20.3. The highest BCUT2D eigenvalue weighted by Gasteiger charge is 2.35. The number of hydrogen-bond donors (Lipinski definition) is 0. The van der Waals surface area contributed by atoms with Gasteiger partial charge in [-0.15, -0.1) is 11.8 Å². The van der Waals surface area contributed by atoms with Crippen LogP contribution >= 0.6 is 11.8 Å². The van der Waals surface area contributed by atoms with Crippen molar-refractivity contribution in [1.29, 1.82) is 0 Å². The molecule has 1 saturated heterocycles. The molecule has 1 rings (SSSR count). The summed E-state index contributed by atoms with van der Waals surface area (Å²) < 4.78 is 0. The second-order valence-corrected chi connectivity index (χ2v) is 4.52. The van der Waals surface area contributed by atoms with E-state index in [4.69, 9.17) is 0 Å². The lowest BCUT2D eigenvalue weighted by Crippen LogP contribution is -2.26. The van der Waals surface area contributed by atoms with E-state index in [9.17, 15) is 9.59 Å². The Bertz CT molecular complexity index is 219. The molecule has 0 radical (unpaired) electrons. The van der Waals surface area contributed by atoms with Gasteiger partial charge in [-0.1, -0.05) is 27.2 Å². The number of nitrogens with zero attached hydrogens (tertiary/aromatic N) is 1. The van der Waals surface area contributed by atoms with Gasteiger partial charge in [0.1, 0.15) is 0 Å². The lowest BCUT2D eigenvalue weighted by Gasteiger charge is -2.07. The minimum Gasteiger partial charge on any atom is -0.285 e. The SMILES string of the molecule is CC.CCCCSC1CC(=O)N(C)C1=O. The number of carbonyl (C=O) groups is 2. The molecule has 0 aliphatic carbocycles. The van der Waals surface area contributed by atoms with E-state index in [-0.39, 0.29) is 17.1 Å². The monoisotopic (exact) mass is 231 g/mol. The van der Waals surface area contributed by atoms with Crippen LogP contribution in [0.3, 0.4) is 0 Å². The Morgan fingerprint density at radius 3 is 2.40 bits per heavy atom. The largest absolute Gasteiger partial charge is 0.285 e. The quantitative estimate of drug-likeness (QED) is 0.550. The van der Waals surface area contributed by atoms with Crippen LogP contribution in [0.1, 0.15) is 40.0 Å². The van der Waals surface area contributed by atoms with Crippen LogP contribution in [0.25, 0.3) is 0 Å². The number of rotatable bonds is 4. The fourth-order valence-electron chi connectivity index (χ4n) is 1.22. The second kappa shape index (κ2) is 7.74. The molecule has 1 aliphatic heterocycles. The molecule has 0 aromatic rings. The van der Waals surface area contributed by atoms with Gasteiger partial charge in [-0.3, -0.25) is 14.5 Å². The molecule has 1 heterocycles. The van der Waals surface area contributed by atoms with Gasteiger partial charge >= 0.3 is 0 Å². The smallest absolute Gasteiger partial charge is 0.242 e. The van der Waals surface area contributed by atoms with Gasteiger partial charge in [-0.05, 0) is 12.2 Å². The van der Waals surface area contributed by atoms with E-state index in [1.54, 1.807) is 18.8 Å². The number of hydrogen-bond acceptors (Lipinski definition) is 3. The first-order chi connectivity index (χ1) is 7.16. The van der Waals surface area contributed by atoms with Gasteiger partial charge in [0.25, 0.3) is 0 Å². The van der Waals surface area contributed by atoms with Crippen molar-refractivity contribution in [2.75, 3.05) is 12.8 Å². The summed E-state index contributed by atoms with van der Waals surface area (Å²) in [7, 11) is 1.56. The van der Waals surface area contributed by atoms with Crippen molar-refractivity contribution in [3.63, 3.8) is 0 Å². The van der Waals surface area contributed by atoms with Crippen LogP contribution in [0, 0.1) is 0 Å². The van der Waals surface area contributed by atoms with Crippen LogP contribution in [0.5, 0.6) is 0 Å². The molecule has 15 heavy (non-hydrogen) atoms. The highest BCUT2D eigenvalue weighted by molar-refractivity contribution is 8.00. The van der Waals surface area contributed by atoms with E-state index in [1.165, 1.54) is 4.90 Å². The number of thioether (sulfide) groups is 1. The summed E-state index contributed by atoms with van der Waals surface area (Å²) in [6, 6.07) is 0. The molecule has 1 fully saturated rings. The van der Waals surface area contributed by atoms with E-state index in [1.807, 2.05) is 13.8 Å². The zero-order valence-corrected chi connectivity index (χ0v) is 10.9. The van der Waals surface area contributed by atoms with Crippen LogP contribution in [0.2, 0.25) is 0 Å². The van der Waals surface area contributed by atoms with Gasteiger partial charge < -0.3 is 0 Å². The fraction of sp³-hybridized carbons (Fsp3) is 0.818. The minimum atomic E-state index is -0.107. The third kappa shape index (κ3) is 4.24. The molecule has 2 amide bonds. The summed E-state index contributed by atoms with van der Waals surface area (Å²) in [4.78, 5) is 23.8. The van der Waals surface area contributed by atoms with Crippen LogP contribution in [-0.4, -0.2) is 34.8 Å². The number of likely N-dealkylation sites (tertiary alicyclic amines) is 1. The van der Waals surface area contributed by atoms with Gasteiger partial charge in [-0.2, -0.15) is 0 Å². The van der Waals surface area contributed by atoms with Crippen molar-refractivity contribution >= 4 is 23.6 Å². The lowest BCUT2D eigenvalue weighted by molar-refractivity contribution is -0.136. The van der Waals surface area contributed by atoms with Gasteiger partial charge in [0.05, 0.1) is 5.25 Å². The number of unbranched alkanes of at least 4 members (excludes halogenated alkanes) is 1. The van der Waals surface area contributed by atoms with Crippen molar-refractivity contribution in [1.82, 2.24) is 4.90 Å². The van der Waals surface area contributed by atoms with Crippen molar-refractivity contribution in [2.45, 2.75) is 45.3 Å². The van der Waals surface area contributed by atoms with Gasteiger partial charge in [0.2, 0.25) is 11.8 Å². The molecule has 0 N–H and O–H groups in total. The molecule has 1 aliphatic rings. The fourth-order valence-corrected chi connectivity index (χ4v) is 2.52. The molecule has 0 spiro atoms. The molecule has 3 nitrogen and oxygen atoms in total. The Morgan fingerprint density at radius 1 is 1.40 bits per heavy atom. The van der Waals surface area contributed by atoms with E-state index in [0.717, 1.165) is 18.6 Å². The Kier molecular flexibility index (Phi) is 7.48. The first kappa shape index (κ1) is 14.5. The Balaban J connectivity index is 0.000000921. The van der Waals surface area contributed by atoms with Crippen molar-refractivity contribution in [3.8, 4) is 0 Å². The summed E-state index contributed by atoms with van der Waals surface area (Å²) in [5.74, 6) is 0.915. The van der Waals surface area contributed by atoms with E-state index in [0.29, 0.717) is 6.42 Å². The summed E-state index contributed by atoms with van der Waals surface area (Å²) in [6.45, 7) is 6.12. The third-order valence-corrected chi connectivity index (χ3v) is 3.45. The zero-order chi connectivity index (χ0) is 11.8. The van der Waals surface area contributed by atoms with Gasteiger partial charge in [0, 0.05) is 13.5 Å². The van der Waals surface area contributed by atoms with Crippen LogP contribution < -0.4 is 0 Å². The summed E-state index contributed by atoms with van der Waals surface area (Å²) in [5.41, 5.74) is 0. The topological polar surface area (TPSA) is 37.4 Å². The number of amides is 2. The van der Waals surface area contributed by atoms with E-state index >= 15 is 0 Å². The maximum atomic E-state index is 11.4. The van der Waals surface area contributed by atoms with Crippen molar-refractivity contribution in [2.24, 2.45) is 0 Å². The van der Waals surface area contributed by atoms with Crippen LogP contribution in [0.15, 0.2) is 0 Å². The predicted octanol–water partition coefficient (Wildman–Crippen LogP) is 2.30. The molecular weight excluding hydrogens is 210 g/mol. The number of imide groups is 1. The van der Waals surface area contributed by atoms with Gasteiger partial charge in [-0.25, -0.2) is 0 Å². The van der Waals surface area contributed by atoms with Gasteiger partial charge in [0.15, 0.2) is 0 Å². The molecule has 1 atom stereocenters. The molecule has 4 heteroatoms. The zero-order valence-electron chi connectivity index (χ0n) is 10.1. The third-order valence-electron chi connectivity index (χ3n) is 2.16. The molecule has 0 aromatic carbocycles. The Labute approximate surface area is 96.6 Å². The Hall–Kier alpha value is -0.510. The van der Waals surface area contributed by atoms with E-state index in [2.05, 4.69) is 6.92 Å². The number of carbonyl (C=O) groups excluding carboxylic acids is 2. The molecule has 0 bridgehead atoms. The average Bonchev–Trinajstić information content (AvgIpc) is 2.50. The van der Waals surface area contributed by atoms with Crippen LogP contribution in [0.4, 0.5) is 0 Å². The van der Waals surface area contributed by atoms with Crippen molar-refractivity contribution < 1.29 is 9.59 Å². The maximum Gasteiger partial charge on any atom is 0.242 e. The predicted molar refractivity (Wildman–Crippen MR) is 64.9 cm³/mol. The highest BCUT2D eigenvalue weighted by Crippen LogP contribution is 2.24. The first-order valence-corrected chi connectivity index (χ1v) is 6.63. The standard InChI is InChI=1S/C9H15NO2S.C2H6/c1-3-4-5-13-7-6-8(11)10(2)9(7)12;1-2/h7H,3-6H2,1-2H3;1-2H3. The molecule has 1 unspecified atom stereocenters. The van der Waals surface area contributed by atoms with Crippen molar-refractivity contribution in [3.05, 3.63) is 0 Å². The maximum absolute atomic E-state index is 11.4. The molecule has 0 aromatic heterocycles. The average molecular weight is 231 g/mol. The lowest BCUT2D eigenvalue weighted by atomic mass is 10.3. The molecule has 0 saturated carbocycles.